The van der Waals surface area contributed by atoms with Gasteiger partial charge in [-0.05, 0) is 43.9 Å². The minimum atomic E-state index is 0.511. The third kappa shape index (κ3) is 5.00. The van der Waals surface area contributed by atoms with Gasteiger partial charge < -0.3 is 19.6 Å². The van der Waals surface area contributed by atoms with E-state index in [1.807, 2.05) is 6.07 Å². The van der Waals surface area contributed by atoms with Gasteiger partial charge >= 0.3 is 0 Å². The summed E-state index contributed by atoms with van der Waals surface area (Å²) in [4.78, 5) is 9.27. The number of anilines is 1. The van der Waals surface area contributed by atoms with Crippen LogP contribution in [0, 0.1) is 0 Å². The molecule has 0 spiro atoms. The first kappa shape index (κ1) is 18.3. The van der Waals surface area contributed by atoms with Gasteiger partial charge in [-0.1, -0.05) is 17.3 Å². The highest BCUT2D eigenvalue weighted by molar-refractivity contribution is 5.79. The average Bonchev–Trinajstić information content (AvgIpc) is 3.20. The number of guanidine groups is 1. The molecule has 140 valence electrons. The SMILES string of the molecule is CCNC(=NCc1ccon1)N(C)Cc1ccc(N2CCCCC2)cc1. The predicted octanol–water partition coefficient (Wildman–Crippen LogP) is 3.26. The fourth-order valence-corrected chi connectivity index (χ4v) is 3.26. The lowest BCUT2D eigenvalue weighted by Gasteiger charge is -2.29. The molecule has 1 aromatic heterocycles. The van der Waals surface area contributed by atoms with E-state index >= 15 is 0 Å². The number of aliphatic imine (C=N–C) groups is 1. The van der Waals surface area contributed by atoms with Gasteiger partial charge in [-0.3, -0.25) is 0 Å². The second-order valence-corrected chi connectivity index (χ2v) is 6.73. The number of nitrogens with zero attached hydrogens (tertiary/aromatic N) is 4. The smallest absolute Gasteiger partial charge is 0.194 e. The van der Waals surface area contributed by atoms with Crippen LogP contribution in [0.5, 0.6) is 0 Å². The van der Waals surface area contributed by atoms with Crippen molar-refractivity contribution in [1.29, 1.82) is 0 Å². The Morgan fingerprint density at radius 1 is 1.19 bits per heavy atom. The van der Waals surface area contributed by atoms with Crippen LogP contribution in [-0.4, -0.2) is 42.7 Å². The molecule has 0 unspecified atom stereocenters. The van der Waals surface area contributed by atoms with Gasteiger partial charge in [0.1, 0.15) is 12.0 Å². The molecule has 2 heterocycles. The van der Waals surface area contributed by atoms with E-state index in [-0.39, 0.29) is 0 Å². The van der Waals surface area contributed by atoms with Crippen molar-refractivity contribution in [3.05, 3.63) is 47.9 Å². The highest BCUT2D eigenvalue weighted by Crippen LogP contribution is 2.20. The average molecular weight is 355 g/mol. The summed E-state index contributed by atoms with van der Waals surface area (Å²) in [7, 11) is 2.06. The van der Waals surface area contributed by atoms with Crippen molar-refractivity contribution in [2.75, 3.05) is 31.6 Å². The van der Waals surface area contributed by atoms with Gasteiger partial charge in [-0.15, -0.1) is 0 Å². The van der Waals surface area contributed by atoms with Gasteiger partial charge in [0, 0.05) is 45.0 Å². The third-order valence-corrected chi connectivity index (χ3v) is 4.66. The summed E-state index contributed by atoms with van der Waals surface area (Å²) in [6, 6.07) is 10.8. The summed E-state index contributed by atoms with van der Waals surface area (Å²) in [6.07, 6.45) is 5.54. The summed E-state index contributed by atoms with van der Waals surface area (Å²) in [5.74, 6) is 0.871. The Kier molecular flexibility index (Phi) is 6.52. The van der Waals surface area contributed by atoms with E-state index < -0.39 is 0 Å². The Hall–Kier alpha value is -2.50. The molecule has 3 rings (SSSR count). The molecule has 2 aromatic rings. The van der Waals surface area contributed by atoms with Crippen molar-refractivity contribution >= 4 is 11.6 Å². The van der Waals surface area contributed by atoms with Crippen LogP contribution in [0.1, 0.15) is 37.4 Å². The van der Waals surface area contributed by atoms with Crippen LogP contribution in [-0.2, 0) is 13.1 Å². The molecule has 6 heteroatoms. The van der Waals surface area contributed by atoms with Gasteiger partial charge in [0.2, 0.25) is 0 Å². The molecule has 1 saturated heterocycles. The van der Waals surface area contributed by atoms with Crippen LogP contribution in [0.4, 0.5) is 5.69 Å². The largest absolute Gasteiger partial charge is 0.372 e. The first-order valence-electron chi connectivity index (χ1n) is 9.49. The van der Waals surface area contributed by atoms with E-state index in [1.165, 1.54) is 43.6 Å². The molecule has 1 aliphatic rings. The van der Waals surface area contributed by atoms with Crippen molar-refractivity contribution in [2.24, 2.45) is 4.99 Å². The normalized spacial score (nSPS) is 15.2. The van der Waals surface area contributed by atoms with E-state index in [0.29, 0.717) is 6.54 Å². The maximum Gasteiger partial charge on any atom is 0.194 e. The molecule has 1 fully saturated rings. The molecule has 0 radical (unpaired) electrons. The van der Waals surface area contributed by atoms with E-state index in [0.717, 1.165) is 24.7 Å². The fourth-order valence-electron chi connectivity index (χ4n) is 3.26. The van der Waals surface area contributed by atoms with E-state index in [4.69, 9.17) is 4.52 Å². The standard InChI is InChI=1S/C20H29N5O/c1-3-21-20(22-15-18-11-14-26-23-18)24(2)16-17-7-9-19(10-8-17)25-12-5-4-6-13-25/h7-11,14H,3-6,12-13,15-16H2,1-2H3,(H,21,22). The van der Waals surface area contributed by atoms with Gasteiger partial charge in [0.25, 0.3) is 0 Å². The lowest BCUT2D eigenvalue weighted by atomic mass is 10.1. The Labute approximate surface area is 155 Å². The zero-order chi connectivity index (χ0) is 18.2. The van der Waals surface area contributed by atoms with Crippen molar-refractivity contribution in [3.63, 3.8) is 0 Å². The van der Waals surface area contributed by atoms with Crippen molar-refractivity contribution in [2.45, 2.75) is 39.3 Å². The molecule has 1 aromatic carbocycles. The first-order valence-corrected chi connectivity index (χ1v) is 9.49. The minimum absolute atomic E-state index is 0.511. The number of hydrogen-bond acceptors (Lipinski definition) is 4. The lowest BCUT2D eigenvalue weighted by molar-refractivity contribution is 0.411. The van der Waals surface area contributed by atoms with Gasteiger partial charge in [-0.2, -0.15) is 0 Å². The van der Waals surface area contributed by atoms with Gasteiger partial charge in [0.15, 0.2) is 5.96 Å². The summed E-state index contributed by atoms with van der Waals surface area (Å²) < 4.78 is 4.87. The molecular formula is C20H29N5O. The van der Waals surface area contributed by atoms with Crippen LogP contribution in [0.15, 0.2) is 46.1 Å². The molecule has 26 heavy (non-hydrogen) atoms. The summed E-state index contributed by atoms with van der Waals surface area (Å²) >= 11 is 0. The Bertz CT molecular complexity index is 675. The Balaban J connectivity index is 1.60. The number of hydrogen-bond donors (Lipinski definition) is 1. The highest BCUT2D eigenvalue weighted by atomic mass is 16.5. The molecule has 6 nitrogen and oxygen atoms in total. The molecule has 0 aliphatic carbocycles. The molecule has 1 N–H and O–H groups in total. The third-order valence-electron chi connectivity index (χ3n) is 4.66. The maximum atomic E-state index is 4.87. The minimum Gasteiger partial charge on any atom is -0.372 e. The summed E-state index contributed by atoms with van der Waals surface area (Å²) in [5, 5.41) is 7.25. The van der Waals surface area contributed by atoms with E-state index in [9.17, 15) is 0 Å². The van der Waals surface area contributed by atoms with Crippen molar-refractivity contribution in [3.8, 4) is 0 Å². The van der Waals surface area contributed by atoms with E-state index in [2.05, 4.69) is 63.5 Å². The topological polar surface area (TPSA) is 56.9 Å². The number of nitrogens with one attached hydrogen (secondary N) is 1. The number of piperidine rings is 1. The van der Waals surface area contributed by atoms with Crippen LogP contribution in [0.25, 0.3) is 0 Å². The Morgan fingerprint density at radius 3 is 2.62 bits per heavy atom. The molecule has 0 saturated carbocycles. The quantitative estimate of drug-likeness (QED) is 0.637. The number of rotatable bonds is 6. The van der Waals surface area contributed by atoms with Crippen molar-refractivity contribution < 1.29 is 4.52 Å². The number of benzene rings is 1. The van der Waals surface area contributed by atoms with E-state index in [1.54, 1.807) is 6.26 Å². The van der Waals surface area contributed by atoms with Crippen LogP contribution in [0.2, 0.25) is 0 Å². The number of aromatic nitrogens is 1. The molecule has 0 bridgehead atoms. The second-order valence-electron chi connectivity index (χ2n) is 6.73. The molecular weight excluding hydrogens is 326 g/mol. The Morgan fingerprint density at radius 2 is 1.96 bits per heavy atom. The monoisotopic (exact) mass is 355 g/mol. The first-order chi connectivity index (χ1) is 12.8. The lowest BCUT2D eigenvalue weighted by Crippen LogP contribution is -2.38. The molecule has 0 amide bonds. The summed E-state index contributed by atoms with van der Waals surface area (Å²) in [6.45, 7) is 6.59. The van der Waals surface area contributed by atoms with Crippen LogP contribution >= 0.6 is 0 Å². The summed E-state index contributed by atoms with van der Waals surface area (Å²) in [5.41, 5.74) is 3.45. The zero-order valence-electron chi connectivity index (χ0n) is 15.8. The zero-order valence-corrected chi connectivity index (χ0v) is 15.8. The second kappa shape index (κ2) is 9.27. The maximum absolute atomic E-state index is 4.87. The van der Waals surface area contributed by atoms with Gasteiger partial charge in [-0.25, -0.2) is 4.99 Å². The highest BCUT2D eigenvalue weighted by Gasteiger charge is 2.11. The van der Waals surface area contributed by atoms with Crippen LogP contribution in [0.3, 0.4) is 0 Å². The molecule has 0 atom stereocenters. The van der Waals surface area contributed by atoms with Gasteiger partial charge in [0.05, 0.1) is 6.54 Å². The predicted molar refractivity (Wildman–Crippen MR) is 105 cm³/mol. The van der Waals surface area contributed by atoms with Crippen molar-refractivity contribution in [1.82, 2.24) is 15.4 Å². The van der Waals surface area contributed by atoms with Crippen LogP contribution < -0.4 is 10.2 Å². The molecule has 1 aliphatic heterocycles. The fraction of sp³-hybridized carbons (Fsp3) is 0.500.